The molecule has 0 aliphatic rings. The van der Waals surface area contributed by atoms with Crippen LogP contribution in [0.15, 0.2) is 18.2 Å². The van der Waals surface area contributed by atoms with Gasteiger partial charge in [-0.3, -0.25) is 4.90 Å². The number of hydrogen-bond donors (Lipinski definition) is 2. The molecule has 0 aromatic heterocycles. The van der Waals surface area contributed by atoms with E-state index in [1.54, 1.807) is 7.11 Å². The molecule has 0 bridgehead atoms. The third-order valence-electron chi connectivity index (χ3n) is 2.45. The van der Waals surface area contributed by atoms with Crippen LogP contribution in [0.1, 0.15) is 5.56 Å². The van der Waals surface area contributed by atoms with Gasteiger partial charge < -0.3 is 14.9 Å². The fourth-order valence-electron chi connectivity index (χ4n) is 1.62. The number of aliphatic hydroxyl groups excluding tert-OH is 2. The van der Waals surface area contributed by atoms with Gasteiger partial charge in [-0.2, -0.15) is 0 Å². The lowest BCUT2D eigenvalue weighted by Gasteiger charge is -2.20. The van der Waals surface area contributed by atoms with Crippen molar-refractivity contribution in [2.45, 2.75) is 6.54 Å². The van der Waals surface area contributed by atoms with Crippen LogP contribution >= 0.6 is 11.6 Å². The Labute approximate surface area is 106 Å². The molecule has 96 valence electrons. The zero-order valence-corrected chi connectivity index (χ0v) is 10.7. The maximum Gasteiger partial charge on any atom is 0.137 e. The van der Waals surface area contributed by atoms with Crippen molar-refractivity contribution in [3.63, 3.8) is 0 Å². The summed E-state index contributed by atoms with van der Waals surface area (Å²) in [6.07, 6.45) is 0. The predicted molar refractivity (Wildman–Crippen MR) is 67.5 cm³/mol. The highest BCUT2D eigenvalue weighted by molar-refractivity contribution is 6.32. The van der Waals surface area contributed by atoms with Crippen LogP contribution in [-0.2, 0) is 6.54 Å². The molecule has 0 radical (unpaired) electrons. The lowest BCUT2D eigenvalue weighted by Crippen LogP contribution is -2.29. The molecule has 0 fully saturated rings. The number of nitrogens with zero attached hydrogens (tertiary/aromatic N) is 1. The van der Waals surface area contributed by atoms with Crippen molar-refractivity contribution >= 4 is 11.6 Å². The summed E-state index contributed by atoms with van der Waals surface area (Å²) < 4.78 is 5.07. The Hall–Kier alpha value is -0.810. The van der Waals surface area contributed by atoms with E-state index < -0.39 is 0 Å². The Morgan fingerprint density at radius 3 is 2.35 bits per heavy atom. The number of benzene rings is 1. The van der Waals surface area contributed by atoms with Gasteiger partial charge in [0.2, 0.25) is 0 Å². The smallest absolute Gasteiger partial charge is 0.137 e. The van der Waals surface area contributed by atoms with Crippen LogP contribution in [0.4, 0.5) is 0 Å². The molecule has 0 saturated carbocycles. The second-order valence-electron chi connectivity index (χ2n) is 3.69. The Bertz CT molecular complexity index is 341. The lowest BCUT2D eigenvalue weighted by atomic mass is 10.2. The van der Waals surface area contributed by atoms with Gasteiger partial charge in [-0.25, -0.2) is 0 Å². The Morgan fingerprint density at radius 2 is 1.88 bits per heavy atom. The zero-order chi connectivity index (χ0) is 12.7. The molecule has 0 aliphatic carbocycles. The van der Waals surface area contributed by atoms with Crippen molar-refractivity contribution in [2.24, 2.45) is 0 Å². The molecule has 0 heterocycles. The molecule has 1 aromatic rings. The number of ether oxygens (including phenoxy) is 1. The summed E-state index contributed by atoms with van der Waals surface area (Å²) in [5.74, 6) is 0.645. The van der Waals surface area contributed by atoms with E-state index in [9.17, 15) is 0 Å². The zero-order valence-electron chi connectivity index (χ0n) is 9.90. The minimum atomic E-state index is 0.0733. The second-order valence-corrected chi connectivity index (χ2v) is 4.10. The minimum absolute atomic E-state index is 0.0733. The molecule has 0 saturated heterocycles. The van der Waals surface area contributed by atoms with Gasteiger partial charge in [0.25, 0.3) is 0 Å². The van der Waals surface area contributed by atoms with E-state index >= 15 is 0 Å². The van der Waals surface area contributed by atoms with E-state index in [0.29, 0.717) is 30.4 Å². The Balaban J connectivity index is 2.68. The van der Waals surface area contributed by atoms with Gasteiger partial charge in [0.1, 0.15) is 5.75 Å². The first-order valence-corrected chi connectivity index (χ1v) is 5.85. The van der Waals surface area contributed by atoms with Gasteiger partial charge in [0, 0.05) is 19.6 Å². The molecule has 0 aliphatic heterocycles. The van der Waals surface area contributed by atoms with E-state index in [4.69, 9.17) is 26.6 Å². The minimum Gasteiger partial charge on any atom is -0.495 e. The number of rotatable bonds is 7. The molecule has 1 rings (SSSR count). The Morgan fingerprint density at radius 1 is 1.24 bits per heavy atom. The van der Waals surface area contributed by atoms with Crippen LogP contribution < -0.4 is 4.74 Å². The third kappa shape index (κ3) is 4.52. The summed E-state index contributed by atoms with van der Waals surface area (Å²) in [5, 5.41) is 18.4. The van der Waals surface area contributed by atoms with Crippen molar-refractivity contribution in [2.75, 3.05) is 33.4 Å². The first-order valence-electron chi connectivity index (χ1n) is 5.47. The predicted octanol–water partition coefficient (Wildman–Crippen LogP) is 1.14. The van der Waals surface area contributed by atoms with Gasteiger partial charge in [0.15, 0.2) is 0 Å². The molecular weight excluding hydrogens is 242 g/mol. The topological polar surface area (TPSA) is 52.9 Å². The van der Waals surface area contributed by atoms with E-state index in [-0.39, 0.29) is 13.2 Å². The maximum atomic E-state index is 8.91. The van der Waals surface area contributed by atoms with Gasteiger partial charge in [-0.05, 0) is 17.7 Å². The van der Waals surface area contributed by atoms with Gasteiger partial charge >= 0.3 is 0 Å². The lowest BCUT2D eigenvalue weighted by molar-refractivity contribution is 0.156. The number of methoxy groups -OCH3 is 1. The standard InChI is InChI=1S/C12H18ClNO3/c1-17-12-3-2-10(8-11(12)13)9-14(4-6-15)5-7-16/h2-3,8,15-16H,4-7,9H2,1H3. The quantitative estimate of drug-likeness (QED) is 0.771. The van der Waals surface area contributed by atoms with Crippen LogP contribution in [-0.4, -0.2) is 48.5 Å². The average molecular weight is 260 g/mol. The molecule has 17 heavy (non-hydrogen) atoms. The van der Waals surface area contributed by atoms with E-state index in [1.165, 1.54) is 0 Å². The van der Waals surface area contributed by atoms with Crippen molar-refractivity contribution < 1.29 is 14.9 Å². The summed E-state index contributed by atoms with van der Waals surface area (Å²) in [5.41, 5.74) is 1.03. The van der Waals surface area contributed by atoms with Crippen LogP contribution in [0.5, 0.6) is 5.75 Å². The van der Waals surface area contributed by atoms with Gasteiger partial charge in [0.05, 0.1) is 25.3 Å². The van der Waals surface area contributed by atoms with Gasteiger partial charge in [-0.15, -0.1) is 0 Å². The molecule has 4 nitrogen and oxygen atoms in total. The van der Waals surface area contributed by atoms with Crippen LogP contribution in [0.25, 0.3) is 0 Å². The molecule has 2 N–H and O–H groups in total. The highest BCUT2D eigenvalue weighted by Crippen LogP contribution is 2.25. The summed E-state index contributed by atoms with van der Waals surface area (Å²) in [6, 6.07) is 5.57. The molecule has 0 unspecified atom stereocenters. The number of halogens is 1. The summed E-state index contributed by atoms with van der Waals surface area (Å²) in [6.45, 7) is 1.85. The van der Waals surface area contributed by atoms with E-state index in [2.05, 4.69) is 0 Å². The molecule has 1 aromatic carbocycles. The second kappa shape index (κ2) is 7.50. The summed E-state index contributed by atoms with van der Waals surface area (Å²) in [7, 11) is 1.57. The SMILES string of the molecule is COc1ccc(CN(CCO)CCO)cc1Cl. The highest BCUT2D eigenvalue weighted by atomic mass is 35.5. The monoisotopic (exact) mass is 259 g/mol. The number of aliphatic hydroxyl groups is 2. The third-order valence-corrected chi connectivity index (χ3v) is 2.75. The molecule has 0 atom stereocenters. The Kier molecular flexibility index (Phi) is 6.29. The molecule has 5 heteroatoms. The first kappa shape index (κ1) is 14.3. The summed E-state index contributed by atoms with van der Waals surface area (Å²) >= 11 is 6.02. The van der Waals surface area contributed by atoms with Crippen molar-refractivity contribution in [3.05, 3.63) is 28.8 Å². The van der Waals surface area contributed by atoms with Crippen LogP contribution in [0.3, 0.4) is 0 Å². The van der Waals surface area contributed by atoms with Crippen molar-refractivity contribution in [3.8, 4) is 5.75 Å². The van der Waals surface area contributed by atoms with Gasteiger partial charge in [-0.1, -0.05) is 17.7 Å². The number of hydrogen-bond acceptors (Lipinski definition) is 4. The normalized spacial score (nSPS) is 10.9. The van der Waals surface area contributed by atoms with Crippen molar-refractivity contribution in [1.29, 1.82) is 0 Å². The fourth-order valence-corrected chi connectivity index (χ4v) is 1.90. The van der Waals surface area contributed by atoms with Crippen LogP contribution in [0, 0.1) is 0 Å². The maximum absolute atomic E-state index is 8.91. The molecule has 0 spiro atoms. The first-order chi connectivity index (χ1) is 8.21. The van der Waals surface area contributed by atoms with E-state index in [1.807, 2.05) is 23.1 Å². The molecule has 0 amide bonds. The highest BCUT2D eigenvalue weighted by Gasteiger charge is 2.07. The average Bonchev–Trinajstić information content (AvgIpc) is 2.30. The van der Waals surface area contributed by atoms with Crippen molar-refractivity contribution in [1.82, 2.24) is 4.90 Å². The fraction of sp³-hybridized carbons (Fsp3) is 0.500. The van der Waals surface area contributed by atoms with E-state index in [0.717, 1.165) is 5.56 Å². The molecular formula is C12H18ClNO3. The summed E-state index contributed by atoms with van der Waals surface area (Å²) in [4.78, 5) is 1.96. The largest absolute Gasteiger partial charge is 0.495 e. The van der Waals surface area contributed by atoms with Crippen LogP contribution in [0.2, 0.25) is 5.02 Å².